The molecular formula is C14H17N5. The number of para-hydroxylation sites is 1. The van der Waals surface area contributed by atoms with E-state index in [1.807, 2.05) is 37.3 Å². The van der Waals surface area contributed by atoms with Gasteiger partial charge in [-0.15, -0.1) is 0 Å². The number of rotatable bonds is 4. The molecule has 5 nitrogen and oxygen atoms in total. The van der Waals surface area contributed by atoms with Crippen LogP contribution in [0.3, 0.4) is 0 Å². The summed E-state index contributed by atoms with van der Waals surface area (Å²) < 4.78 is 0. The fourth-order valence-corrected chi connectivity index (χ4v) is 1.98. The van der Waals surface area contributed by atoms with Crippen LogP contribution in [-0.4, -0.2) is 9.97 Å². The Labute approximate surface area is 112 Å². The zero-order chi connectivity index (χ0) is 13.2. The minimum absolute atomic E-state index is 0.490. The average molecular weight is 255 g/mol. The van der Waals surface area contributed by atoms with E-state index >= 15 is 0 Å². The van der Waals surface area contributed by atoms with Crippen LogP contribution < -0.4 is 16.6 Å². The van der Waals surface area contributed by atoms with Gasteiger partial charge in [-0.25, -0.2) is 15.8 Å². The molecule has 0 bridgehead atoms. The number of nitrogens with zero attached hydrogens (tertiary/aromatic N) is 2. The lowest BCUT2D eigenvalue weighted by Crippen LogP contribution is -2.13. The van der Waals surface area contributed by atoms with Crippen molar-refractivity contribution in [1.29, 1.82) is 0 Å². The molecule has 4 N–H and O–H groups in total. The first-order chi connectivity index (χ1) is 9.28. The van der Waals surface area contributed by atoms with E-state index in [0.717, 1.165) is 35.7 Å². The van der Waals surface area contributed by atoms with Gasteiger partial charge in [-0.05, 0) is 31.9 Å². The van der Waals surface area contributed by atoms with E-state index in [9.17, 15) is 0 Å². The van der Waals surface area contributed by atoms with Crippen LogP contribution in [0, 0.1) is 6.92 Å². The predicted octanol–water partition coefficient (Wildman–Crippen LogP) is 2.69. The van der Waals surface area contributed by atoms with Crippen LogP contribution in [0.4, 0.5) is 17.3 Å². The highest BCUT2D eigenvalue weighted by Crippen LogP contribution is 2.39. The van der Waals surface area contributed by atoms with E-state index in [-0.39, 0.29) is 0 Å². The van der Waals surface area contributed by atoms with E-state index in [4.69, 9.17) is 5.84 Å². The van der Waals surface area contributed by atoms with Gasteiger partial charge in [0.25, 0.3) is 0 Å². The molecule has 19 heavy (non-hydrogen) atoms. The third-order valence-corrected chi connectivity index (χ3v) is 3.28. The van der Waals surface area contributed by atoms with E-state index in [2.05, 4.69) is 20.7 Å². The molecular weight excluding hydrogens is 238 g/mol. The van der Waals surface area contributed by atoms with Gasteiger partial charge < -0.3 is 10.7 Å². The van der Waals surface area contributed by atoms with Gasteiger partial charge in [0.05, 0.1) is 0 Å². The highest BCUT2D eigenvalue weighted by molar-refractivity contribution is 5.64. The first-order valence-electron chi connectivity index (χ1n) is 6.45. The first-order valence-corrected chi connectivity index (χ1v) is 6.45. The number of aromatic nitrogens is 2. The molecule has 5 heteroatoms. The van der Waals surface area contributed by atoms with Gasteiger partial charge >= 0.3 is 0 Å². The Kier molecular flexibility index (Phi) is 3.05. The maximum Gasteiger partial charge on any atom is 0.148 e. The molecule has 1 aromatic carbocycles. The van der Waals surface area contributed by atoms with Crippen molar-refractivity contribution in [3.63, 3.8) is 0 Å². The third kappa shape index (κ3) is 2.51. The van der Waals surface area contributed by atoms with Gasteiger partial charge in [0, 0.05) is 17.2 Å². The van der Waals surface area contributed by atoms with Gasteiger partial charge in [0.1, 0.15) is 17.5 Å². The summed E-state index contributed by atoms with van der Waals surface area (Å²) >= 11 is 0. The fourth-order valence-electron chi connectivity index (χ4n) is 1.98. The van der Waals surface area contributed by atoms with Crippen LogP contribution in [-0.2, 0) is 0 Å². The zero-order valence-corrected chi connectivity index (χ0v) is 10.9. The summed E-state index contributed by atoms with van der Waals surface area (Å²) in [5.74, 6) is 8.40. The van der Waals surface area contributed by atoms with Crippen LogP contribution >= 0.6 is 0 Å². The number of anilines is 3. The van der Waals surface area contributed by atoms with Crippen molar-refractivity contribution < 1.29 is 0 Å². The van der Waals surface area contributed by atoms with Gasteiger partial charge in [0.2, 0.25) is 0 Å². The Morgan fingerprint density at radius 3 is 2.42 bits per heavy atom. The average Bonchev–Trinajstić information content (AvgIpc) is 3.27. The Bertz CT molecular complexity index is 578. The van der Waals surface area contributed by atoms with Crippen molar-refractivity contribution in [1.82, 2.24) is 9.97 Å². The van der Waals surface area contributed by atoms with Crippen molar-refractivity contribution in [2.45, 2.75) is 25.7 Å². The largest absolute Gasteiger partial charge is 0.340 e. The van der Waals surface area contributed by atoms with Crippen LogP contribution in [0.1, 0.15) is 30.1 Å². The Hall–Kier alpha value is -2.14. The normalized spacial score (nSPS) is 14.2. The van der Waals surface area contributed by atoms with E-state index in [1.165, 1.54) is 0 Å². The number of benzene rings is 1. The Morgan fingerprint density at radius 1 is 1.11 bits per heavy atom. The molecule has 0 unspecified atom stereocenters. The second kappa shape index (κ2) is 4.85. The van der Waals surface area contributed by atoms with Crippen molar-refractivity contribution in [3.05, 3.63) is 41.7 Å². The number of nitrogens with two attached hydrogens (primary N) is 1. The lowest BCUT2D eigenvalue weighted by Gasteiger charge is -2.13. The molecule has 3 rings (SSSR count). The molecule has 2 aromatic rings. The fraction of sp³-hybridized carbons (Fsp3) is 0.286. The number of nitrogens with one attached hydrogen (secondary N) is 2. The molecule has 0 radical (unpaired) electrons. The standard InChI is InChI=1S/C14H17N5/c1-9-12(16-11-5-3-2-4-6-11)17-14(10-7-8-10)18-13(9)19-15/h2-6,10H,7-8,15H2,1H3,(H2,16,17,18,19). The van der Waals surface area contributed by atoms with Gasteiger partial charge in [-0.1, -0.05) is 18.2 Å². The van der Waals surface area contributed by atoms with Crippen LogP contribution in [0.15, 0.2) is 30.3 Å². The lowest BCUT2D eigenvalue weighted by atomic mass is 10.2. The first kappa shape index (κ1) is 11.9. The van der Waals surface area contributed by atoms with Crippen molar-refractivity contribution in [3.8, 4) is 0 Å². The van der Waals surface area contributed by atoms with Gasteiger partial charge in [-0.3, -0.25) is 0 Å². The van der Waals surface area contributed by atoms with E-state index in [1.54, 1.807) is 0 Å². The maximum absolute atomic E-state index is 5.53. The van der Waals surface area contributed by atoms with E-state index in [0.29, 0.717) is 11.7 Å². The molecule has 0 amide bonds. The van der Waals surface area contributed by atoms with Crippen LogP contribution in [0.2, 0.25) is 0 Å². The summed E-state index contributed by atoms with van der Waals surface area (Å²) in [7, 11) is 0. The summed E-state index contributed by atoms with van der Waals surface area (Å²) in [5, 5.41) is 3.32. The Morgan fingerprint density at radius 2 is 1.79 bits per heavy atom. The number of hydrogen-bond acceptors (Lipinski definition) is 5. The van der Waals surface area contributed by atoms with Crippen molar-refractivity contribution in [2.75, 3.05) is 10.7 Å². The maximum atomic E-state index is 5.53. The molecule has 0 atom stereocenters. The van der Waals surface area contributed by atoms with E-state index < -0.39 is 0 Å². The van der Waals surface area contributed by atoms with Crippen LogP contribution in [0.25, 0.3) is 0 Å². The van der Waals surface area contributed by atoms with Gasteiger partial charge in [-0.2, -0.15) is 0 Å². The zero-order valence-electron chi connectivity index (χ0n) is 10.9. The smallest absolute Gasteiger partial charge is 0.148 e. The predicted molar refractivity (Wildman–Crippen MR) is 76.3 cm³/mol. The van der Waals surface area contributed by atoms with Crippen LogP contribution in [0.5, 0.6) is 0 Å². The molecule has 0 saturated heterocycles. The van der Waals surface area contributed by atoms with Crippen molar-refractivity contribution in [2.24, 2.45) is 5.84 Å². The van der Waals surface area contributed by atoms with Gasteiger partial charge in [0.15, 0.2) is 0 Å². The quantitative estimate of drug-likeness (QED) is 0.578. The van der Waals surface area contributed by atoms with Crippen molar-refractivity contribution >= 4 is 17.3 Å². The summed E-state index contributed by atoms with van der Waals surface area (Å²) in [6, 6.07) is 9.98. The molecule has 1 saturated carbocycles. The third-order valence-electron chi connectivity index (χ3n) is 3.28. The number of nitrogen functional groups attached to an aromatic ring is 1. The topological polar surface area (TPSA) is 75.9 Å². The highest BCUT2D eigenvalue weighted by Gasteiger charge is 2.28. The number of hydrogen-bond donors (Lipinski definition) is 3. The molecule has 1 fully saturated rings. The molecule has 1 heterocycles. The summed E-state index contributed by atoms with van der Waals surface area (Å²) in [6.07, 6.45) is 2.33. The summed E-state index contributed by atoms with van der Waals surface area (Å²) in [6.45, 7) is 1.96. The lowest BCUT2D eigenvalue weighted by molar-refractivity contribution is 0.920. The molecule has 98 valence electrons. The summed E-state index contributed by atoms with van der Waals surface area (Å²) in [4.78, 5) is 9.09. The molecule has 0 spiro atoms. The second-order valence-corrected chi connectivity index (χ2v) is 4.81. The SMILES string of the molecule is Cc1c(NN)nc(C2CC2)nc1Nc1ccccc1. The molecule has 0 aliphatic heterocycles. The Balaban J connectivity index is 1.97. The minimum Gasteiger partial charge on any atom is -0.340 e. The molecule has 1 aromatic heterocycles. The highest BCUT2D eigenvalue weighted by atomic mass is 15.3. The second-order valence-electron chi connectivity index (χ2n) is 4.81. The summed E-state index contributed by atoms with van der Waals surface area (Å²) in [5.41, 5.74) is 4.59. The minimum atomic E-state index is 0.490. The molecule has 1 aliphatic carbocycles. The monoisotopic (exact) mass is 255 g/mol. The number of hydrazine groups is 1. The molecule has 1 aliphatic rings.